The van der Waals surface area contributed by atoms with E-state index in [4.69, 9.17) is 0 Å². The summed E-state index contributed by atoms with van der Waals surface area (Å²) in [6.45, 7) is 0. The summed E-state index contributed by atoms with van der Waals surface area (Å²) in [6.07, 6.45) is 2.37. The van der Waals surface area contributed by atoms with Crippen molar-refractivity contribution < 1.29 is 11.1 Å². The van der Waals surface area contributed by atoms with E-state index in [1.807, 2.05) is 0 Å². The molecule has 0 aromatic heterocycles. The Morgan fingerprint density at radius 1 is 0.469 bits per heavy atom. The van der Waals surface area contributed by atoms with Crippen LogP contribution in [0.5, 0.6) is 0 Å². The summed E-state index contributed by atoms with van der Waals surface area (Å²) in [4.78, 5) is 0. The van der Waals surface area contributed by atoms with Crippen LogP contribution in [0.15, 0.2) is 121 Å². The molecule has 32 heavy (non-hydrogen) atoms. The summed E-state index contributed by atoms with van der Waals surface area (Å²) in [5.41, 5.74) is 5.67. The van der Waals surface area contributed by atoms with Crippen molar-refractivity contribution in [2.75, 3.05) is 12.3 Å². The Morgan fingerprint density at radius 2 is 0.688 bits per heavy atom. The molecule has 0 fully saturated rings. The average Bonchev–Trinajstić information content (AvgIpc) is 2.87. The van der Waals surface area contributed by atoms with Gasteiger partial charge in [-0.25, -0.2) is 0 Å². The minimum Gasteiger partial charge on any atom is -0.120 e. The van der Waals surface area contributed by atoms with Gasteiger partial charge in [0.15, 0.2) is 0 Å². The fraction of sp³-hybridized carbons (Fsp3) is 0.143. The maximum Gasteiger partial charge on any atom is 0.0126 e. The molecule has 167 valence electrons. The number of hydrogen-bond acceptors (Lipinski definition) is 0. The van der Waals surface area contributed by atoms with Gasteiger partial charge in [0.1, 0.15) is 0 Å². The standard InChI is InChI=1S/C28H27P.2BrH.Co/c1-5-13-23(14-6-1)27(24-15-7-2-8-16-24)21-29-22-28(25-17-9-3-10-18-25)26-19-11-4-12-20-26;;;/h1-20,27-29H,21-22H2;2*1H;/q;;;+2/p-2. The Hall–Kier alpha value is -1.22. The van der Waals surface area contributed by atoms with Gasteiger partial charge in [-0.3, -0.25) is 0 Å². The van der Waals surface area contributed by atoms with Crippen LogP contribution in [0.1, 0.15) is 34.1 Å². The van der Waals surface area contributed by atoms with E-state index in [0.29, 0.717) is 11.8 Å². The molecule has 0 N–H and O–H groups in total. The molecule has 4 rings (SSSR count). The zero-order chi connectivity index (χ0) is 22.4. The SMILES string of the molecule is [Br][Co][Br].c1ccc(C(CPCC(c2ccccc2)c2ccccc2)c2ccccc2)cc1. The third kappa shape index (κ3) is 7.97. The Bertz CT molecular complexity index is 837. The summed E-state index contributed by atoms with van der Waals surface area (Å²) in [5, 5.41) is 0. The van der Waals surface area contributed by atoms with Gasteiger partial charge in [0, 0.05) is 11.8 Å². The molecule has 0 bridgehead atoms. The zero-order valence-corrected chi connectivity index (χ0v) is 22.9. The minimum atomic E-state index is 0.461. The van der Waals surface area contributed by atoms with E-state index < -0.39 is 0 Å². The first-order valence-corrected chi connectivity index (χ1v) is 17.1. The molecule has 0 aliphatic rings. The fourth-order valence-corrected chi connectivity index (χ4v) is 5.66. The summed E-state index contributed by atoms with van der Waals surface area (Å²) in [7, 11) is 0.895. The van der Waals surface area contributed by atoms with E-state index in [0.717, 1.165) is 19.7 Å². The Labute approximate surface area is 214 Å². The number of hydrogen-bond donors (Lipinski definition) is 0. The summed E-state index contributed by atoms with van der Waals surface area (Å²) in [6, 6.07) is 43.9. The van der Waals surface area contributed by atoms with Crippen molar-refractivity contribution >= 4 is 36.9 Å². The van der Waals surface area contributed by atoms with Crippen LogP contribution in [-0.2, 0) is 11.1 Å². The summed E-state index contributed by atoms with van der Waals surface area (Å²) in [5.74, 6) is 0.922. The monoisotopic (exact) mass is 611 g/mol. The fourth-order valence-electron chi connectivity index (χ4n) is 3.97. The summed E-state index contributed by atoms with van der Waals surface area (Å²) >= 11 is 7.12. The topological polar surface area (TPSA) is 0 Å². The van der Waals surface area contributed by atoms with Crippen molar-refractivity contribution in [2.24, 2.45) is 0 Å². The molecule has 0 unspecified atom stereocenters. The van der Waals surface area contributed by atoms with Crippen molar-refractivity contribution in [2.45, 2.75) is 11.8 Å². The molecule has 0 spiro atoms. The Balaban J connectivity index is 0.000000913. The molecule has 4 heteroatoms. The van der Waals surface area contributed by atoms with Crippen molar-refractivity contribution in [3.63, 3.8) is 0 Å². The van der Waals surface area contributed by atoms with Crippen LogP contribution in [0.2, 0.25) is 0 Å². The molecule has 0 amide bonds. The molecular weight excluding hydrogens is 586 g/mol. The smallest absolute Gasteiger partial charge is 0.0126 e. The molecule has 0 atom stereocenters. The minimum absolute atomic E-state index is 0.461. The third-order valence-electron chi connectivity index (χ3n) is 5.50. The molecule has 0 aliphatic heterocycles. The molecule has 0 saturated heterocycles. The van der Waals surface area contributed by atoms with Crippen molar-refractivity contribution in [1.29, 1.82) is 0 Å². The first kappa shape index (κ1) is 25.4. The first-order valence-electron chi connectivity index (χ1n) is 10.6. The zero-order valence-electron chi connectivity index (χ0n) is 17.7. The molecule has 4 aromatic carbocycles. The van der Waals surface area contributed by atoms with E-state index in [1.54, 1.807) is 0 Å². The molecule has 0 radical (unpaired) electrons. The Kier molecular flexibility index (Phi) is 11.8. The largest absolute Gasteiger partial charge is 0.120 e. The van der Waals surface area contributed by atoms with Crippen LogP contribution >= 0.6 is 36.9 Å². The average molecular weight is 613 g/mol. The van der Waals surface area contributed by atoms with Gasteiger partial charge >= 0.3 is 39.5 Å². The predicted molar refractivity (Wildman–Crippen MR) is 145 cm³/mol. The molecule has 0 aliphatic carbocycles. The van der Waals surface area contributed by atoms with Gasteiger partial charge in [-0.2, -0.15) is 0 Å². The van der Waals surface area contributed by atoms with Crippen molar-refractivity contribution in [1.82, 2.24) is 0 Å². The van der Waals surface area contributed by atoms with Gasteiger partial charge in [-0.05, 0) is 34.6 Å². The van der Waals surface area contributed by atoms with E-state index in [9.17, 15) is 0 Å². The molecule has 0 nitrogen and oxygen atoms in total. The van der Waals surface area contributed by atoms with E-state index in [1.165, 1.54) is 34.6 Å². The van der Waals surface area contributed by atoms with Crippen molar-refractivity contribution in [3.8, 4) is 0 Å². The van der Waals surface area contributed by atoms with Crippen molar-refractivity contribution in [3.05, 3.63) is 144 Å². The van der Waals surface area contributed by atoms with Crippen LogP contribution in [0.3, 0.4) is 0 Å². The first-order chi connectivity index (χ1) is 15.8. The second kappa shape index (κ2) is 14.8. The predicted octanol–water partition coefficient (Wildman–Crippen LogP) is 9.02. The third-order valence-corrected chi connectivity index (χ3v) is 6.90. The van der Waals surface area contributed by atoms with Gasteiger partial charge in [-0.1, -0.05) is 121 Å². The quantitative estimate of drug-likeness (QED) is 0.174. The number of benzene rings is 4. The van der Waals surface area contributed by atoms with E-state index >= 15 is 0 Å². The van der Waals surface area contributed by atoms with Gasteiger partial charge in [0.05, 0.1) is 0 Å². The van der Waals surface area contributed by atoms with Crippen LogP contribution in [0.25, 0.3) is 0 Å². The van der Waals surface area contributed by atoms with Gasteiger partial charge in [0.25, 0.3) is 0 Å². The second-order valence-corrected chi connectivity index (χ2v) is 14.0. The van der Waals surface area contributed by atoms with Gasteiger partial charge in [0.2, 0.25) is 0 Å². The maximum atomic E-state index is 3.03. The molecule has 0 heterocycles. The maximum absolute atomic E-state index is 3.03. The molecule has 0 saturated carbocycles. The number of rotatable bonds is 8. The van der Waals surface area contributed by atoms with E-state index in [2.05, 4.69) is 150 Å². The second-order valence-electron chi connectivity index (χ2n) is 7.45. The van der Waals surface area contributed by atoms with Crippen LogP contribution in [0, 0.1) is 0 Å². The van der Waals surface area contributed by atoms with Gasteiger partial charge in [-0.15, -0.1) is 8.58 Å². The molecular formula is C28H27Br2CoP. The van der Waals surface area contributed by atoms with Crippen LogP contribution in [0.4, 0.5) is 0 Å². The normalized spacial score (nSPS) is 10.8. The van der Waals surface area contributed by atoms with Crippen LogP contribution < -0.4 is 0 Å². The Morgan fingerprint density at radius 3 is 0.906 bits per heavy atom. The van der Waals surface area contributed by atoms with E-state index in [-0.39, 0.29) is 0 Å². The molecule has 4 aromatic rings. The number of halogens is 2. The summed E-state index contributed by atoms with van der Waals surface area (Å²) < 4.78 is 0. The van der Waals surface area contributed by atoms with Gasteiger partial charge < -0.3 is 0 Å². The van der Waals surface area contributed by atoms with Crippen LogP contribution in [-0.4, -0.2) is 12.3 Å².